The van der Waals surface area contributed by atoms with Gasteiger partial charge in [0.2, 0.25) is 11.8 Å². The lowest BCUT2D eigenvalue weighted by Crippen LogP contribution is -2.43. The highest BCUT2D eigenvalue weighted by Crippen LogP contribution is 2.52. The van der Waals surface area contributed by atoms with Gasteiger partial charge in [0, 0.05) is 33.7 Å². The van der Waals surface area contributed by atoms with E-state index in [4.69, 9.17) is 0 Å². The van der Waals surface area contributed by atoms with Gasteiger partial charge in [-0.05, 0) is 42.9 Å². The lowest BCUT2D eigenvalue weighted by molar-refractivity contribution is -0.140. The Hall–Kier alpha value is -2.17. The van der Waals surface area contributed by atoms with Crippen molar-refractivity contribution in [2.45, 2.75) is 19.9 Å². The van der Waals surface area contributed by atoms with Crippen molar-refractivity contribution in [2.75, 3.05) is 38.6 Å². The minimum atomic E-state index is -0.282. The fourth-order valence-electron chi connectivity index (χ4n) is 4.99. The molecule has 0 spiro atoms. The molecule has 2 fully saturated rings. The molecule has 174 valence electrons. The summed E-state index contributed by atoms with van der Waals surface area (Å²) in [6, 6.07) is 5.09. The van der Waals surface area contributed by atoms with Gasteiger partial charge in [-0.2, -0.15) is 0 Å². The average Bonchev–Trinajstić information content (AvgIpc) is 3.41. The Balaban J connectivity index is 0.00000289. The molecule has 2 amide bonds. The number of hydrogen-bond acceptors (Lipinski definition) is 4. The average molecular weight is 555 g/mol. The first-order valence-electron chi connectivity index (χ1n) is 10.9. The summed E-state index contributed by atoms with van der Waals surface area (Å²) >= 11 is 0. The van der Waals surface area contributed by atoms with Crippen LogP contribution in [-0.2, 0) is 16.1 Å². The minimum absolute atomic E-state index is 0. The molecule has 1 saturated heterocycles. The smallest absolute Gasteiger partial charge is 0.233 e. The molecule has 4 rings (SSSR count). The second kappa shape index (κ2) is 10.2. The number of likely N-dealkylation sites (tertiary alicyclic amines) is 1. The number of nitrogens with one attached hydrogen (secondary N) is 2. The summed E-state index contributed by atoms with van der Waals surface area (Å²) in [6.45, 7) is 3.68. The summed E-state index contributed by atoms with van der Waals surface area (Å²) in [4.78, 5) is 33.2. The number of anilines is 1. The molecule has 32 heavy (non-hydrogen) atoms. The van der Waals surface area contributed by atoms with Crippen molar-refractivity contribution < 1.29 is 14.0 Å². The van der Waals surface area contributed by atoms with Crippen LogP contribution < -0.4 is 15.5 Å². The van der Waals surface area contributed by atoms with E-state index in [0.29, 0.717) is 37.8 Å². The van der Waals surface area contributed by atoms with Crippen LogP contribution in [0.5, 0.6) is 0 Å². The number of guanidine groups is 1. The zero-order chi connectivity index (χ0) is 22.1. The molecule has 2 bridgehead atoms. The highest BCUT2D eigenvalue weighted by molar-refractivity contribution is 14.0. The summed E-state index contributed by atoms with van der Waals surface area (Å²) < 4.78 is 14.2. The maximum absolute atomic E-state index is 14.2. The number of carbonyl (C=O) groups is 2. The molecular formula is C23H31FIN5O2. The van der Waals surface area contributed by atoms with E-state index in [1.165, 1.54) is 11.0 Å². The van der Waals surface area contributed by atoms with Crippen molar-refractivity contribution >= 4 is 47.4 Å². The molecule has 1 saturated carbocycles. The molecule has 1 aliphatic heterocycles. The predicted molar refractivity (Wildman–Crippen MR) is 133 cm³/mol. The SMILES string of the molecule is CCNC(=NCc1ccc(N(C)C)c(F)c1)NCCN1C(=O)C2C3C=CC(C3)C2C1=O.I. The Morgan fingerprint density at radius 2 is 1.81 bits per heavy atom. The van der Waals surface area contributed by atoms with Gasteiger partial charge in [0.1, 0.15) is 5.82 Å². The zero-order valence-corrected chi connectivity index (χ0v) is 21.0. The van der Waals surface area contributed by atoms with Gasteiger partial charge < -0.3 is 15.5 Å². The number of imide groups is 1. The number of aliphatic imine (C=N–C) groups is 1. The number of carbonyl (C=O) groups excluding carboxylic acids is 2. The molecule has 2 aliphatic carbocycles. The van der Waals surface area contributed by atoms with Gasteiger partial charge in [-0.3, -0.25) is 14.5 Å². The van der Waals surface area contributed by atoms with E-state index in [2.05, 4.69) is 27.8 Å². The summed E-state index contributed by atoms with van der Waals surface area (Å²) in [5, 5.41) is 6.33. The third-order valence-electron chi connectivity index (χ3n) is 6.45. The van der Waals surface area contributed by atoms with Crippen molar-refractivity contribution in [3.05, 3.63) is 41.7 Å². The maximum Gasteiger partial charge on any atom is 0.233 e. The summed E-state index contributed by atoms with van der Waals surface area (Å²) in [5.41, 5.74) is 1.30. The van der Waals surface area contributed by atoms with E-state index in [9.17, 15) is 14.0 Å². The molecule has 1 heterocycles. The Labute approximate surface area is 205 Å². The van der Waals surface area contributed by atoms with E-state index >= 15 is 0 Å². The van der Waals surface area contributed by atoms with Gasteiger partial charge in [0.25, 0.3) is 0 Å². The highest BCUT2D eigenvalue weighted by atomic mass is 127. The Morgan fingerprint density at radius 3 is 2.38 bits per heavy atom. The first-order valence-corrected chi connectivity index (χ1v) is 10.9. The number of hydrogen-bond donors (Lipinski definition) is 2. The van der Waals surface area contributed by atoms with Crippen LogP contribution in [0.4, 0.5) is 10.1 Å². The van der Waals surface area contributed by atoms with Gasteiger partial charge >= 0.3 is 0 Å². The normalized spacial score (nSPS) is 25.8. The zero-order valence-electron chi connectivity index (χ0n) is 18.7. The topological polar surface area (TPSA) is 77.0 Å². The third kappa shape index (κ3) is 4.62. The fraction of sp³-hybridized carbons (Fsp3) is 0.522. The van der Waals surface area contributed by atoms with Crippen molar-refractivity contribution in [2.24, 2.45) is 28.7 Å². The van der Waals surface area contributed by atoms with Crippen LogP contribution in [0.2, 0.25) is 0 Å². The number of halogens is 2. The van der Waals surface area contributed by atoms with Crippen LogP contribution in [0.25, 0.3) is 0 Å². The second-order valence-corrected chi connectivity index (χ2v) is 8.63. The Morgan fingerprint density at radius 1 is 1.16 bits per heavy atom. The van der Waals surface area contributed by atoms with Crippen molar-refractivity contribution in [1.82, 2.24) is 15.5 Å². The van der Waals surface area contributed by atoms with Crippen LogP contribution in [0.15, 0.2) is 35.3 Å². The number of amides is 2. The maximum atomic E-state index is 14.2. The molecule has 3 aliphatic rings. The van der Waals surface area contributed by atoms with Crippen molar-refractivity contribution in [3.63, 3.8) is 0 Å². The standard InChI is InChI=1S/C23H30FN5O2.HI/c1-4-25-23(27-13-14-5-8-18(28(2)3)17(24)11-14)26-9-10-29-21(30)19-15-6-7-16(12-15)20(19)22(29)31;/h5-8,11,15-16,19-20H,4,9-10,12-13H2,1-3H3,(H2,25,26,27);1H. The first-order chi connectivity index (χ1) is 14.9. The molecule has 4 atom stereocenters. The van der Waals surface area contributed by atoms with E-state index < -0.39 is 0 Å². The van der Waals surface area contributed by atoms with Crippen molar-refractivity contribution in [3.8, 4) is 0 Å². The largest absolute Gasteiger partial charge is 0.375 e. The van der Waals surface area contributed by atoms with E-state index in [1.807, 2.05) is 13.0 Å². The highest BCUT2D eigenvalue weighted by Gasteiger charge is 2.58. The summed E-state index contributed by atoms with van der Waals surface area (Å²) in [6.07, 6.45) is 5.14. The number of allylic oxidation sites excluding steroid dienone is 2. The summed E-state index contributed by atoms with van der Waals surface area (Å²) in [5.74, 6) is 0.342. The van der Waals surface area contributed by atoms with Crippen LogP contribution in [0.1, 0.15) is 18.9 Å². The number of nitrogens with zero attached hydrogens (tertiary/aromatic N) is 3. The molecule has 1 aromatic rings. The molecule has 0 radical (unpaired) electrons. The number of rotatable bonds is 7. The fourth-order valence-corrected chi connectivity index (χ4v) is 4.99. The second-order valence-electron chi connectivity index (χ2n) is 8.63. The monoisotopic (exact) mass is 555 g/mol. The van der Waals surface area contributed by atoms with Gasteiger partial charge in [-0.1, -0.05) is 18.2 Å². The lowest BCUT2D eigenvalue weighted by atomic mass is 9.85. The Bertz CT molecular complexity index is 905. The van der Waals surface area contributed by atoms with Crippen LogP contribution in [0.3, 0.4) is 0 Å². The quantitative estimate of drug-likeness (QED) is 0.178. The van der Waals surface area contributed by atoms with E-state index in [1.54, 1.807) is 25.1 Å². The van der Waals surface area contributed by atoms with Crippen molar-refractivity contribution in [1.29, 1.82) is 0 Å². The molecule has 2 N–H and O–H groups in total. The van der Waals surface area contributed by atoms with Gasteiger partial charge in [0.15, 0.2) is 5.96 Å². The molecule has 1 aromatic carbocycles. The molecular weight excluding hydrogens is 524 g/mol. The summed E-state index contributed by atoms with van der Waals surface area (Å²) in [7, 11) is 3.60. The van der Waals surface area contributed by atoms with E-state index in [-0.39, 0.29) is 65.3 Å². The van der Waals surface area contributed by atoms with Crippen LogP contribution in [0, 0.1) is 29.5 Å². The molecule has 9 heteroatoms. The number of fused-ring (bicyclic) bond motifs is 5. The Kier molecular flexibility index (Phi) is 7.79. The molecule has 4 unspecified atom stereocenters. The van der Waals surface area contributed by atoms with Gasteiger partial charge in [-0.25, -0.2) is 9.38 Å². The third-order valence-corrected chi connectivity index (χ3v) is 6.45. The minimum Gasteiger partial charge on any atom is -0.375 e. The van der Waals surface area contributed by atoms with Crippen LogP contribution in [-0.4, -0.2) is 56.4 Å². The lowest BCUT2D eigenvalue weighted by Gasteiger charge is -2.18. The predicted octanol–water partition coefficient (Wildman–Crippen LogP) is 2.37. The van der Waals surface area contributed by atoms with Gasteiger partial charge in [0.05, 0.1) is 24.1 Å². The first kappa shape index (κ1) is 24.5. The van der Waals surface area contributed by atoms with Gasteiger partial charge in [-0.15, -0.1) is 24.0 Å². The molecule has 7 nitrogen and oxygen atoms in total. The van der Waals surface area contributed by atoms with E-state index in [0.717, 1.165) is 12.0 Å². The molecule has 0 aromatic heterocycles. The number of benzene rings is 1. The van der Waals surface area contributed by atoms with Crippen LogP contribution >= 0.6 is 24.0 Å².